The Morgan fingerprint density at radius 1 is 1.04 bits per heavy atom. The summed E-state index contributed by atoms with van der Waals surface area (Å²) in [5.74, 6) is 0. The highest BCUT2D eigenvalue weighted by Crippen LogP contribution is 2.35. The van der Waals surface area contributed by atoms with Crippen molar-refractivity contribution >= 4 is 39.1 Å². The molecule has 0 bridgehead atoms. The van der Waals surface area contributed by atoms with Crippen molar-refractivity contribution in [1.29, 1.82) is 0 Å². The van der Waals surface area contributed by atoms with Crippen LogP contribution in [-0.2, 0) is 0 Å². The van der Waals surface area contributed by atoms with E-state index in [0.717, 1.165) is 47.7 Å². The SMILES string of the molecule is Clc1ccc(C(c2cccc(Br)c2)N2CCCNCC2)c(Cl)c1. The van der Waals surface area contributed by atoms with Crippen LogP contribution in [0.25, 0.3) is 0 Å². The Kier molecular flexibility index (Phi) is 6.00. The molecule has 1 atom stereocenters. The molecule has 2 nitrogen and oxygen atoms in total. The molecule has 23 heavy (non-hydrogen) atoms. The summed E-state index contributed by atoms with van der Waals surface area (Å²) in [6.45, 7) is 4.10. The van der Waals surface area contributed by atoms with Crippen molar-refractivity contribution in [2.45, 2.75) is 12.5 Å². The van der Waals surface area contributed by atoms with Crippen LogP contribution in [0.5, 0.6) is 0 Å². The summed E-state index contributed by atoms with van der Waals surface area (Å²) in [5, 5.41) is 4.86. The van der Waals surface area contributed by atoms with Crippen LogP contribution in [0.4, 0.5) is 0 Å². The molecule has 0 aliphatic carbocycles. The van der Waals surface area contributed by atoms with Crippen molar-refractivity contribution in [2.75, 3.05) is 26.2 Å². The summed E-state index contributed by atoms with van der Waals surface area (Å²) in [6.07, 6.45) is 1.13. The number of hydrogen-bond donors (Lipinski definition) is 1. The second kappa shape index (κ2) is 8.00. The monoisotopic (exact) mass is 412 g/mol. The molecule has 0 amide bonds. The van der Waals surface area contributed by atoms with Gasteiger partial charge in [-0.25, -0.2) is 0 Å². The van der Waals surface area contributed by atoms with Crippen molar-refractivity contribution in [2.24, 2.45) is 0 Å². The van der Waals surface area contributed by atoms with Crippen LogP contribution in [0.15, 0.2) is 46.9 Å². The van der Waals surface area contributed by atoms with Crippen molar-refractivity contribution in [3.8, 4) is 0 Å². The van der Waals surface area contributed by atoms with E-state index in [1.807, 2.05) is 18.2 Å². The molecule has 1 heterocycles. The van der Waals surface area contributed by atoms with Crippen molar-refractivity contribution in [3.05, 3.63) is 68.1 Å². The van der Waals surface area contributed by atoms with Crippen molar-refractivity contribution < 1.29 is 0 Å². The zero-order chi connectivity index (χ0) is 16.2. The largest absolute Gasteiger partial charge is 0.315 e. The standard InChI is InChI=1S/C18H19BrCl2N2/c19-14-4-1-3-13(11-14)18(23-9-2-7-22-8-10-23)16-6-5-15(20)12-17(16)21/h1,3-6,11-12,18,22H,2,7-10H2. The first-order valence-corrected chi connectivity index (χ1v) is 9.35. The van der Waals surface area contributed by atoms with Crippen LogP contribution in [-0.4, -0.2) is 31.1 Å². The minimum Gasteiger partial charge on any atom is -0.315 e. The lowest BCUT2D eigenvalue weighted by molar-refractivity contribution is 0.241. The molecule has 0 aromatic heterocycles. The second-order valence-corrected chi connectivity index (χ2v) is 7.52. The van der Waals surface area contributed by atoms with Gasteiger partial charge in [0.05, 0.1) is 6.04 Å². The number of nitrogens with zero attached hydrogens (tertiary/aromatic N) is 1. The first kappa shape index (κ1) is 17.2. The molecule has 1 aliphatic heterocycles. The van der Waals surface area contributed by atoms with E-state index in [9.17, 15) is 0 Å². The number of halogens is 3. The third-order valence-electron chi connectivity index (χ3n) is 4.16. The van der Waals surface area contributed by atoms with E-state index >= 15 is 0 Å². The predicted octanol–water partition coefficient (Wildman–Crippen LogP) is 5.14. The van der Waals surface area contributed by atoms with Crippen LogP contribution in [0, 0.1) is 0 Å². The summed E-state index contributed by atoms with van der Waals surface area (Å²) in [7, 11) is 0. The maximum Gasteiger partial charge on any atom is 0.0617 e. The van der Waals surface area contributed by atoms with Gasteiger partial charge in [0.1, 0.15) is 0 Å². The highest BCUT2D eigenvalue weighted by molar-refractivity contribution is 9.10. The van der Waals surface area contributed by atoms with Gasteiger partial charge >= 0.3 is 0 Å². The summed E-state index contributed by atoms with van der Waals surface area (Å²) in [6, 6.07) is 14.4. The summed E-state index contributed by atoms with van der Waals surface area (Å²) in [5.41, 5.74) is 2.35. The Morgan fingerprint density at radius 3 is 2.70 bits per heavy atom. The lowest BCUT2D eigenvalue weighted by Crippen LogP contribution is -2.33. The van der Waals surface area contributed by atoms with Gasteiger partial charge in [0, 0.05) is 34.2 Å². The first-order chi connectivity index (χ1) is 11.1. The maximum absolute atomic E-state index is 6.54. The second-order valence-electron chi connectivity index (χ2n) is 5.76. The number of hydrogen-bond acceptors (Lipinski definition) is 2. The lowest BCUT2D eigenvalue weighted by atomic mass is 9.96. The maximum atomic E-state index is 6.54. The van der Waals surface area contributed by atoms with Crippen LogP contribution < -0.4 is 5.32 Å². The molecular formula is C18H19BrCl2N2. The van der Waals surface area contributed by atoms with E-state index in [-0.39, 0.29) is 6.04 Å². The van der Waals surface area contributed by atoms with Gasteiger partial charge in [0.2, 0.25) is 0 Å². The van der Waals surface area contributed by atoms with Crippen LogP contribution in [0.2, 0.25) is 10.0 Å². The highest BCUT2D eigenvalue weighted by atomic mass is 79.9. The van der Waals surface area contributed by atoms with E-state index < -0.39 is 0 Å². The van der Waals surface area contributed by atoms with Crippen LogP contribution in [0.1, 0.15) is 23.6 Å². The van der Waals surface area contributed by atoms with E-state index in [4.69, 9.17) is 23.2 Å². The Hall–Kier alpha value is -0.580. The zero-order valence-corrected chi connectivity index (χ0v) is 15.8. The van der Waals surface area contributed by atoms with Crippen LogP contribution in [0.3, 0.4) is 0 Å². The third-order valence-corrected chi connectivity index (χ3v) is 5.22. The average molecular weight is 414 g/mol. The van der Waals surface area contributed by atoms with Gasteiger partial charge in [0.15, 0.2) is 0 Å². The molecule has 3 rings (SSSR count). The van der Waals surface area contributed by atoms with Gasteiger partial charge < -0.3 is 5.32 Å². The van der Waals surface area contributed by atoms with Gasteiger partial charge in [-0.2, -0.15) is 0 Å². The lowest BCUT2D eigenvalue weighted by Gasteiger charge is -2.32. The molecule has 0 spiro atoms. The predicted molar refractivity (Wildman–Crippen MR) is 102 cm³/mol. The minimum absolute atomic E-state index is 0.136. The number of nitrogens with one attached hydrogen (secondary N) is 1. The fourth-order valence-electron chi connectivity index (χ4n) is 3.11. The number of benzene rings is 2. The molecule has 5 heteroatoms. The van der Waals surface area contributed by atoms with E-state index in [2.05, 4.69) is 50.4 Å². The molecule has 2 aromatic carbocycles. The Morgan fingerprint density at radius 2 is 1.91 bits per heavy atom. The van der Waals surface area contributed by atoms with Gasteiger partial charge in [-0.05, 0) is 48.4 Å². The normalized spacial score (nSPS) is 17.7. The topological polar surface area (TPSA) is 15.3 Å². The van der Waals surface area contributed by atoms with Crippen molar-refractivity contribution in [1.82, 2.24) is 10.2 Å². The van der Waals surface area contributed by atoms with Gasteiger partial charge in [-0.15, -0.1) is 0 Å². The Labute approximate surface area is 155 Å². The molecule has 1 N–H and O–H groups in total. The summed E-state index contributed by atoms with van der Waals surface area (Å²) < 4.78 is 1.08. The minimum atomic E-state index is 0.136. The van der Waals surface area contributed by atoms with E-state index in [0.29, 0.717) is 5.02 Å². The van der Waals surface area contributed by atoms with E-state index in [1.165, 1.54) is 5.56 Å². The quantitative estimate of drug-likeness (QED) is 0.749. The zero-order valence-electron chi connectivity index (χ0n) is 12.7. The average Bonchev–Trinajstić information content (AvgIpc) is 2.79. The van der Waals surface area contributed by atoms with Gasteiger partial charge in [-0.1, -0.05) is 57.3 Å². The molecular weight excluding hydrogens is 395 g/mol. The first-order valence-electron chi connectivity index (χ1n) is 7.80. The fraction of sp³-hybridized carbons (Fsp3) is 0.333. The highest BCUT2D eigenvalue weighted by Gasteiger charge is 2.25. The third kappa shape index (κ3) is 4.28. The molecule has 0 radical (unpaired) electrons. The molecule has 1 unspecified atom stereocenters. The Balaban J connectivity index is 2.05. The molecule has 1 fully saturated rings. The summed E-state index contributed by atoms with van der Waals surface area (Å²) >= 11 is 16.2. The summed E-state index contributed by atoms with van der Waals surface area (Å²) in [4.78, 5) is 2.50. The Bertz CT molecular complexity index is 670. The molecule has 122 valence electrons. The molecule has 0 saturated carbocycles. The molecule has 1 aliphatic rings. The number of rotatable bonds is 3. The van der Waals surface area contributed by atoms with Gasteiger partial charge in [0.25, 0.3) is 0 Å². The van der Waals surface area contributed by atoms with Crippen LogP contribution >= 0.6 is 39.1 Å². The van der Waals surface area contributed by atoms with E-state index in [1.54, 1.807) is 0 Å². The van der Waals surface area contributed by atoms with Gasteiger partial charge in [-0.3, -0.25) is 4.90 Å². The fourth-order valence-corrected chi connectivity index (χ4v) is 4.04. The molecule has 1 saturated heterocycles. The van der Waals surface area contributed by atoms with Crippen molar-refractivity contribution in [3.63, 3.8) is 0 Å². The molecule has 2 aromatic rings. The smallest absolute Gasteiger partial charge is 0.0617 e.